The molecule has 1 atom stereocenters. The maximum Gasteiger partial charge on any atom is 0.0511 e. The minimum absolute atomic E-state index is 0.354. The van der Waals surface area contributed by atoms with Crippen LogP contribution in [0.4, 0.5) is 5.69 Å². The van der Waals surface area contributed by atoms with Crippen LogP contribution in [0, 0.1) is 6.92 Å². The number of aromatic nitrogens is 1. The largest absolute Gasteiger partial charge is 0.378 e. The van der Waals surface area contributed by atoms with Crippen LogP contribution in [0.3, 0.4) is 0 Å². The van der Waals surface area contributed by atoms with E-state index in [-0.39, 0.29) is 0 Å². The molecule has 1 unspecified atom stereocenters. The summed E-state index contributed by atoms with van der Waals surface area (Å²) in [7, 11) is 0. The third-order valence-corrected chi connectivity index (χ3v) is 3.78. The van der Waals surface area contributed by atoms with Gasteiger partial charge in [-0.3, -0.25) is 0 Å². The first-order chi connectivity index (χ1) is 9.76. The van der Waals surface area contributed by atoms with Crippen molar-refractivity contribution in [2.45, 2.75) is 26.3 Å². The molecule has 0 aliphatic rings. The first kappa shape index (κ1) is 12.8. The number of nitrogens with one attached hydrogen (secondary N) is 2. The van der Waals surface area contributed by atoms with Crippen LogP contribution in [0.15, 0.2) is 54.7 Å². The van der Waals surface area contributed by atoms with Gasteiger partial charge in [0, 0.05) is 22.8 Å². The summed E-state index contributed by atoms with van der Waals surface area (Å²) in [6.07, 6.45) is 3.04. The summed E-state index contributed by atoms with van der Waals surface area (Å²) in [5.74, 6) is 0. The van der Waals surface area contributed by atoms with Gasteiger partial charge >= 0.3 is 0 Å². The van der Waals surface area contributed by atoms with E-state index in [0.717, 1.165) is 6.42 Å². The summed E-state index contributed by atoms with van der Waals surface area (Å²) in [4.78, 5) is 3.22. The van der Waals surface area contributed by atoms with E-state index in [0.29, 0.717) is 6.04 Å². The first-order valence-corrected chi connectivity index (χ1v) is 7.16. The van der Waals surface area contributed by atoms with Crippen LogP contribution in [-0.2, 0) is 0 Å². The van der Waals surface area contributed by atoms with Crippen molar-refractivity contribution in [2.24, 2.45) is 0 Å². The van der Waals surface area contributed by atoms with E-state index in [4.69, 9.17) is 0 Å². The fraction of sp³-hybridized carbons (Fsp3) is 0.222. The average molecular weight is 264 g/mol. The van der Waals surface area contributed by atoms with E-state index >= 15 is 0 Å². The van der Waals surface area contributed by atoms with Gasteiger partial charge in [0.05, 0.1) is 6.04 Å². The highest BCUT2D eigenvalue weighted by Crippen LogP contribution is 2.25. The minimum atomic E-state index is 0.354. The Morgan fingerprint density at radius 1 is 1.05 bits per heavy atom. The molecule has 20 heavy (non-hydrogen) atoms. The third-order valence-electron chi connectivity index (χ3n) is 3.78. The molecule has 0 saturated carbocycles. The highest BCUT2D eigenvalue weighted by atomic mass is 14.9. The lowest BCUT2D eigenvalue weighted by molar-refractivity contribution is 0.749. The van der Waals surface area contributed by atoms with Gasteiger partial charge in [0.2, 0.25) is 0 Å². The number of hydrogen-bond acceptors (Lipinski definition) is 1. The quantitative estimate of drug-likeness (QED) is 0.679. The molecule has 1 heterocycles. The van der Waals surface area contributed by atoms with Crippen LogP contribution in [0.25, 0.3) is 10.9 Å². The van der Waals surface area contributed by atoms with Crippen molar-refractivity contribution in [3.05, 3.63) is 65.9 Å². The fourth-order valence-electron chi connectivity index (χ4n) is 2.56. The molecule has 0 aliphatic carbocycles. The zero-order valence-corrected chi connectivity index (χ0v) is 12.0. The maximum atomic E-state index is 3.63. The Balaban J connectivity index is 1.84. The maximum absolute atomic E-state index is 3.63. The highest BCUT2D eigenvalue weighted by Gasteiger charge is 2.09. The van der Waals surface area contributed by atoms with Gasteiger partial charge in [-0.1, -0.05) is 36.8 Å². The van der Waals surface area contributed by atoms with E-state index in [1.54, 1.807) is 0 Å². The fourth-order valence-corrected chi connectivity index (χ4v) is 2.56. The Morgan fingerprint density at radius 3 is 2.60 bits per heavy atom. The van der Waals surface area contributed by atoms with Gasteiger partial charge in [-0.25, -0.2) is 0 Å². The van der Waals surface area contributed by atoms with E-state index in [2.05, 4.69) is 72.7 Å². The van der Waals surface area contributed by atoms with Crippen molar-refractivity contribution < 1.29 is 0 Å². The molecule has 3 aromatic rings. The molecule has 0 fully saturated rings. The van der Waals surface area contributed by atoms with Gasteiger partial charge < -0.3 is 10.3 Å². The van der Waals surface area contributed by atoms with Crippen molar-refractivity contribution in [1.29, 1.82) is 0 Å². The molecular weight excluding hydrogens is 244 g/mol. The van der Waals surface area contributed by atoms with E-state index in [1.807, 2.05) is 6.20 Å². The average Bonchev–Trinajstić information content (AvgIpc) is 2.93. The summed E-state index contributed by atoms with van der Waals surface area (Å²) >= 11 is 0. The van der Waals surface area contributed by atoms with Gasteiger partial charge in [0.1, 0.15) is 0 Å². The molecule has 0 bridgehead atoms. The number of fused-ring (bicyclic) bond motifs is 1. The summed E-state index contributed by atoms with van der Waals surface area (Å²) in [5.41, 5.74) is 4.99. The molecular formula is C18H20N2. The molecule has 0 saturated heterocycles. The summed E-state index contributed by atoms with van der Waals surface area (Å²) in [5, 5.41) is 4.88. The van der Waals surface area contributed by atoms with E-state index in [1.165, 1.54) is 27.7 Å². The SMILES string of the molecule is CCC(Nc1ccc2[nH]ccc2c1)c1ccc(C)cc1. The Kier molecular flexibility index (Phi) is 3.46. The molecule has 102 valence electrons. The normalized spacial score (nSPS) is 12.5. The molecule has 2 heteroatoms. The number of aryl methyl sites for hydroxylation is 1. The predicted octanol–water partition coefficient (Wildman–Crippen LogP) is 5.04. The smallest absolute Gasteiger partial charge is 0.0511 e. The van der Waals surface area contributed by atoms with Crippen molar-refractivity contribution in [3.8, 4) is 0 Å². The van der Waals surface area contributed by atoms with Crippen molar-refractivity contribution >= 4 is 16.6 Å². The second-order valence-corrected chi connectivity index (χ2v) is 5.30. The zero-order valence-electron chi connectivity index (χ0n) is 12.0. The molecule has 2 N–H and O–H groups in total. The van der Waals surface area contributed by atoms with Crippen molar-refractivity contribution in [2.75, 3.05) is 5.32 Å². The first-order valence-electron chi connectivity index (χ1n) is 7.16. The molecule has 3 rings (SSSR count). The lowest BCUT2D eigenvalue weighted by Gasteiger charge is -2.19. The highest BCUT2D eigenvalue weighted by molar-refractivity contribution is 5.83. The lowest BCUT2D eigenvalue weighted by atomic mass is 10.0. The van der Waals surface area contributed by atoms with E-state index in [9.17, 15) is 0 Å². The molecule has 1 aromatic heterocycles. The number of H-pyrrole nitrogens is 1. The zero-order chi connectivity index (χ0) is 13.9. The Hall–Kier alpha value is -2.22. The van der Waals surface area contributed by atoms with Crippen LogP contribution in [-0.4, -0.2) is 4.98 Å². The van der Waals surface area contributed by atoms with Crippen molar-refractivity contribution in [3.63, 3.8) is 0 Å². The van der Waals surface area contributed by atoms with Gasteiger partial charge in [-0.2, -0.15) is 0 Å². The van der Waals surface area contributed by atoms with Crippen LogP contribution >= 0.6 is 0 Å². The second kappa shape index (κ2) is 5.41. The van der Waals surface area contributed by atoms with Gasteiger partial charge in [-0.05, 0) is 43.2 Å². The van der Waals surface area contributed by atoms with E-state index < -0.39 is 0 Å². The molecule has 2 aromatic carbocycles. The van der Waals surface area contributed by atoms with Crippen LogP contribution in [0.5, 0.6) is 0 Å². The van der Waals surface area contributed by atoms with Gasteiger partial charge in [-0.15, -0.1) is 0 Å². The van der Waals surface area contributed by atoms with Crippen molar-refractivity contribution in [1.82, 2.24) is 4.98 Å². The van der Waals surface area contributed by atoms with Crippen LogP contribution in [0.2, 0.25) is 0 Å². The summed E-state index contributed by atoms with van der Waals surface area (Å²) < 4.78 is 0. The Bertz CT molecular complexity index is 695. The number of anilines is 1. The van der Waals surface area contributed by atoms with Gasteiger partial charge in [0.15, 0.2) is 0 Å². The topological polar surface area (TPSA) is 27.8 Å². The number of benzene rings is 2. The number of hydrogen-bond donors (Lipinski definition) is 2. The molecule has 0 amide bonds. The molecule has 0 spiro atoms. The number of rotatable bonds is 4. The summed E-state index contributed by atoms with van der Waals surface area (Å²) in [6.45, 7) is 4.34. The third kappa shape index (κ3) is 2.55. The van der Waals surface area contributed by atoms with Crippen LogP contribution < -0.4 is 5.32 Å². The predicted molar refractivity (Wildman–Crippen MR) is 86.1 cm³/mol. The Morgan fingerprint density at radius 2 is 1.85 bits per heavy atom. The summed E-state index contributed by atoms with van der Waals surface area (Å²) in [6, 6.07) is 17.7. The van der Waals surface area contributed by atoms with Crippen LogP contribution in [0.1, 0.15) is 30.5 Å². The monoisotopic (exact) mass is 264 g/mol. The molecule has 2 nitrogen and oxygen atoms in total. The minimum Gasteiger partial charge on any atom is -0.378 e. The Labute approximate surface area is 119 Å². The lowest BCUT2D eigenvalue weighted by Crippen LogP contribution is -2.09. The second-order valence-electron chi connectivity index (χ2n) is 5.30. The standard InChI is InChI=1S/C18H20N2/c1-3-17(14-6-4-13(2)5-7-14)20-16-8-9-18-15(12-16)10-11-19-18/h4-12,17,19-20H,3H2,1-2H3. The van der Waals surface area contributed by atoms with Gasteiger partial charge in [0.25, 0.3) is 0 Å². The number of aromatic amines is 1. The molecule has 0 radical (unpaired) electrons. The molecule has 0 aliphatic heterocycles.